The predicted molar refractivity (Wildman–Crippen MR) is 42.7 cm³/mol. The number of hydrogen-bond acceptors (Lipinski definition) is 1. The maximum Gasteiger partial charge on any atom is 0.270 e. The lowest BCUT2D eigenvalue weighted by Gasteiger charge is -2.48. The van der Waals surface area contributed by atoms with Gasteiger partial charge in [0.1, 0.15) is 0 Å². The third-order valence-corrected chi connectivity index (χ3v) is 1.35. The molecule has 0 aliphatic rings. The predicted octanol–water partition coefficient (Wildman–Crippen LogP) is 2.65. The number of hydrogen-bond donors (Lipinski definition) is 0. The van der Waals surface area contributed by atoms with Gasteiger partial charge in [-0.2, -0.15) is 0 Å². The molecule has 0 atom stereocenters. The fourth-order valence-corrected chi connectivity index (χ4v) is 0. The summed E-state index contributed by atoms with van der Waals surface area (Å²) >= 11 is 0. The standard InChI is InChI=1S/C3H6Cl3OS/c1-8(2,4,5,6)3-7/h1-2H3. The lowest BCUT2D eigenvalue weighted by Crippen LogP contribution is -2.11. The highest BCUT2D eigenvalue weighted by Crippen LogP contribution is 2.95. The first-order valence-electron chi connectivity index (χ1n) is 1.69. The van der Waals surface area contributed by atoms with Crippen molar-refractivity contribution >= 4 is 43.6 Å². The van der Waals surface area contributed by atoms with Crippen LogP contribution in [0, 0.1) is 0 Å². The second-order valence-electron chi connectivity index (χ2n) is 2.23. The maximum absolute atomic E-state index is 10.0. The first kappa shape index (κ1) is 8.89. The van der Waals surface area contributed by atoms with Crippen molar-refractivity contribution in [3.63, 3.8) is 0 Å². The van der Waals surface area contributed by atoms with Gasteiger partial charge in [-0.15, -0.1) is 0 Å². The quantitative estimate of drug-likeness (QED) is 0.630. The van der Waals surface area contributed by atoms with E-state index in [1.54, 1.807) is 0 Å². The molecule has 0 bridgehead atoms. The summed E-state index contributed by atoms with van der Waals surface area (Å²) in [6.07, 6.45) is 2.55. The van der Waals surface area contributed by atoms with E-state index in [1.807, 2.05) is 0 Å². The molecule has 0 unspecified atom stereocenters. The van der Waals surface area contributed by atoms with Gasteiger partial charge in [0.05, 0.1) is 0 Å². The molecule has 1 nitrogen and oxygen atoms in total. The highest BCUT2D eigenvalue weighted by atomic mass is 36.2. The summed E-state index contributed by atoms with van der Waals surface area (Å²) in [5.41, 5.74) is 1.42. The molecule has 5 heteroatoms. The fraction of sp³-hybridized carbons (Fsp3) is 0.667. The summed E-state index contributed by atoms with van der Waals surface area (Å²) in [4.78, 5) is 10.0. The van der Waals surface area contributed by atoms with Crippen LogP contribution in [0.2, 0.25) is 0 Å². The van der Waals surface area contributed by atoms with Gasteiger partial charge in [0.25, 0.3) is 5.62 Å². The van der Waals surface area contributed by atoms with Gasteiger partial charge in [-0.05, 0) is 50.5 Å². The molecule has 0 heterocycles. The molecule has 8 heavy (non-hydrogen) atoms. The van der Waals surface area contributed by atoms with Crippen LogP contribution >= 0.6 is 38.0 Å². The summed E-state index contributed by atoms with van der Waals surface area (Å²) in [5, 5.41) is 0. The molecule has 0 aliphatic heterocycles. The van der Waals surface area contributed by atoms with E-state index in [-0.39, 0.29) is 0 Å². The number of rotatable bonds is 1. The van der Waals surface area contributed by atoms with Crippen molar-refractivity contribution in [2.24, 2.45) is 0 Å². The zero-order chi connectivity index (χ0) is 7.12. The van der Waals surface area contributed by atoms with Crippen molar-refractivity contribution < 1.29 is 4.79 Å². The van der Waals surface area contributed by atoms with E-state index in [2.05, 4.69) is 0 Å². The van der Waals surface area contributed by atoms with Gasteiger partial charge in [0.15, 0.2) is 0 Å². The van der Waals surface area contributed by atoms with Gasteiger partial charge < -0.3 is 0 Å². The van der Waals surface area contributed by atoms with Crippen molar-refractivity contribution in [1.29, 1.82) is 0 Å². The molecule has 0 saturated carbocycles. The fourth-order valence-electron chi connectivity index (χ4n) is 0. The van der Waals surface area contributed by atoms with Crippen LogP contribution in [0.25, 0.3) is 0 Å². The van der Waals surface area contributed by atoms with E-state index in [1.165, 1.54) is 18.1 Å². The molecular weight excluding hydrogens is 190 g/mol. The zero-order valence-electron chi connectivity index (χ0n) is 4.45. The Morgan fingerprint density at radius 3 is 1.38 bits per heavy atom. The maximum atomic E-state index is 10.0. The summed E-state index contributed by atoms with van der Waals surface area (Å²) in [6.45, 7) is 0. The SMILES string of the molecule is CS(C)(Cl)(Cl)(Cl)[C]=O. The van der Waals surface area contributed by atoms with E-state index >= 15 is 0 Å². The molecule has 0 aromatic heterocycles. The van der Waals surface area contributed by atoms with Gasteiger partial charge in [-0.1, -0.05) is 0 Å². The zero-order valence-corrected chi connectivity index (χ0v) is 7.53. The minimum Gasteiger partial charge on any atom is -0.277 e. The van der Waals surface area contributed by atoms with Crippen LogP contribution in [0.4, 0.5) is 0 Å². The van der Waals surface area contributed by atoms with Crippen molar-refractivity contribution in [1.82, 2.24) is 0 Å². The number of halogens is 3. The Balaban J connectivity index is 4.77. The van der Waals surface area contributed by atoms with Crippen LogP contribution in [0.15, 0.2) is 0 Å². The smallest absolute Gasteiger partial charge is 0.270 e. The Morgan fingerprint density at radius 2 is 1.38 bits per heavy atom. The molecule has 1 radical (unpaired) electrons. The Labute approximate surface area is 61.0 Å². The Hall–Kier alpha value is 0.890. The average molecular weight is 197 g/mol. The van der Waals surface area contributed by atoms with E-state index in [0.29, 0.717) is 0 Å². The normalized spacial score (nSPS) is 21.1. The molecule has 0 fully saturated rings. The summed E-state index contributed by atoms with van der Waals surface area (Å²) in [7, 11) is 16.4. The highest BCUT2D eigenvalue weighted by Gasteiger charge is 2.46. The largest absolute Gasteiger partial charge is 0.277 e. The van der Waals surface area contributed by atoms with Crippen LogP contribution in [0.5, 0.6) is 0 Å². The van der Waals surface area contributed by atoms with Gasteiger partial charge in [-0.3, -0.25) is 4.79 Å². The third-order valence-electron chi connectivity index (χ3n) is 0.261. The molecule has 0 amide bonds. The van der Waals surface area contributed by atoms with Crippen LogP contribution < -0.4 is 0 Å². The third kappa shape index (κ3) is 6.89. The van der Waals surface area contributed by atoms with Gasteiger partial charge >= 0.3 is 0 Å². The van der Waals surface area contributed by atoms with E-state index in [0.717, 1.165) is 0 Å². The molecule has 0 aromatic rings. The van der Waals surface area contributed by atoms with Crippen LogP contribution in [-0.2, 0) is 4.79 Å². The van der Waals surface area contributed by atoms with E-state index in [9.17, 15) is 4.79 Å². The second kappa shape index (κ2) is 1.31. The molecule has 0 spiro atoms. The van der Waals surface area contributed by atoms with Crippen molar-refractivity contribution in [2.75, 3.05) is 12.5 Å². The van der Waals surface area contributed by atoms with Crippen LogP contribution in [0.1, 0.15) is 0 Å². The topological polar surface area (TPSA) is 17.1 Å². The minimum absolute atomic E-state index is 1.28. The molecule has 0 aliphatic carbocycles. The Kier molecular flexibility index (Phi) is 1.46. The molecule has 0 rings (SSSR count). The summed E-state index contributed by atoms with van der Waals surface area (Å²) < 4.78 is 0. The van der Waals surface area contributed by atoms with Gasteiger partial charge in [0, 0.05) is 0 Å². The second-order valence-corrected chi connectivity index (χ2v) is 17.8. The van der Waals surface area contributed by atoms with E-state index < -0.39 is 5.93 Å². The first-order valence-corrected chi connectivity index (χ1v) is 7.43. The Bertz CT molecular complexity index is 118. The lowest BCUT2D eigenvalue weighted by atomic mass is 11.8. The van der Waals surface area contributed by atoms with Crippen LogP contribution in [0.3, 0.4) is 0 Å². The molecular formula is C3H6Cl3OS. The van der Waals surface area contributed by atoms with Crippen molar-refractivity contribution in [3.05, 3.63) is 0 Å². The monoisotopic (exact) mass is 195 g/mol. The summed E-state index contributed by atoms with van der Waals surface area (Å²) in [6, 6.07) is 0. The van der Waals surface area contributed by atoms with Gasteiger partial charge in [0.2, 0.25) is 0 Å². The lowest BCUT2D eigenvalue weighted by molar-refractivity contribution is 0.569. The number of carbonyl (C=O) groups excluding carboxylic acids is 1. The van der Waals surface area contributed by atoms with Crippen molar-refractivity contribution in [2.45, 2.75) is 0 Å². The Morgan fingerprint density at radius 1 is 1.25 bits per heavy atom. The van der Waals surface area contributed by atoms with Crippen LogP contribution in [-0.4, -0.2) is 18.1 Å². The molecule has 51 valence electrons. The van der Waals surface area contributed by atoms with Gasteiger partial charge in [-0.25, -0.2) is 0 Å². The first-order chi connectivity index (χ1) is 3.04. The van der Waals surface area contributed by atoms with Crippen molar-refractivity contribution in [3.8, 4) is 0 Å². The summed E-state index contributed by atoms with van der Waals surface area (Å²) in [5.74, 6) is -3.89. The van der Waals surface area contributed by atoms with E-state index in [4.69, 9.17) is 32.0 Å². The minimum atomic E-state index is -3.89. The molecule has 0 aromatic carbocycles. The average Bonchev–Trinajstić information content (AvgIpc) is 1.30. The molecule has 0 saturated heterocycles. The highest BCUT2D eigenvalue weighted by molar-refractivity contribution is 9.09. The molecule has 0 N–H and O–H groups in total.